The van der Waals surface area contributed by atoms with Gasteiger partial charge in [-0.25, -0.2) is 4.79 Å². The van der Waals surface area contributed by atoms with Crippen molar-refractivity contribution in [2.45, 2.75) is 13.3 Å². The van der Waals surface area contributed by atoms with Gasteiger partial charge in [-0.1, -0.05) is 0 Å². The highest BCUT2D eigenvalue weighted by Gasteiger charge is 2.19. The van der Waals surface area contributed by atoms with E-state index in [-0.39, 0.29) is 22.9 Å². The molecule has 20 heavy (non-hydrogen) atoms. The van der Waals surface area contributed by atoms with Crippen LogP contribution in [0.4, 0.5) is 10.7 Å². The molecule has 104 valence electrons. The Morgan fingerprint density at radius 3 is 2.80 bits per heavy atom. The molecule has 0 aromatic carbocycles. The minimum absolute atomic E-state index is 0.0219. The number of carboxylic acids is 1. The normalized spacial score (nSPS) is 10.2. The van der Waals surface area contributed by atoms with E-state index in [9.17, 15) is 9.59 Å². The van der Waals surface area contributed by atoms with Crippen molar-refractivity contribution in [3.05, 3.63) is 35.3 Å². The van der Waals surface area contributed by atoms with Crippen molar-refractivity contribution in [1.29, 1.82) is 0 Å². The standard InChI is InChI=1S/C12H12N4O3S/c1-6-10(12(18)19)11(20-16-6)15-9(17)4-8-3-2-7(13)5-14-8/h2-3,5H,4,13H2,1H3,(H,15,17)(H,18,19). The van der Waals surface area contributed by atoms with E-state index in [1.807, 2.05) is 0 Å². The number of carbonyl (C=O) groups is 2. The van der Waals surface area contributed by atoms with Crippen molar-refractivity contribution < 1.29 is 14.7 Å². The molecule has 2 aromatic heterocycles. The fourth-order valence-electron chi connectivity index (χ4n) is 1.58. The van der Waals surface area contributed by atoms with E-state index in [4.69, 9.17) is 10.8 Å². The molecule has 0 saturated carbocycles. The first kappa shape index (κ1) is 13.9. The predicted octanol–water partition coefficient (Wildman–Crippen LogP) is 1.31. The van der Waals surface area contributed by atoms with E-state index in [0.29, 0.717) is 17.1 Å². The first-order valence-electron chi connectivity index (χ1n) is 5.67. The van der Waals surface area contributed by atoms with Crippen LogP contribution in [0.3, 0.4) is 0 Å². The summed E-state index contributed by atoms with van der Waals surface area (Å²) in [7, 11) is 0. The van der Waals surface area contributed by atoms with Crippen LogP contribution in [0.5, 0.6) is 0 Å². The third-order valence-corrected chi connectivity index (χ3v) is 3.37. The Kier molecular flexibility index (Phi) is 3.94. The third-order valence-electron chi connectivity index (χ3n) is 2.52. The number of hydrogen-bond donors (Lipinski definition) is 3. The van der Waals surface area contributed by atoms with E-state index in [0.717, 1.165) is 11.5 Å². The molecule has 7 nitrogen and oxygen atoms in total. The van der Waals surface area contributed by atoms with Crippen LogP contribution in [0.15, 0.2) is 18.3 Å². The van der Waals surface area contributed by atoms with E-state index in [1.165, 1.54) is 6.20 Å². The highest BCUT2D eigenvalue weighted by atomic mass is 32.1. The van der Waals surface area contributed by atoms with Crippen LogP contribution in [-0.2, 0) is 11.2 Å². The Morgan fingerprint density at radius 2 is 2.20 bits per heavy atom. The second kappa shape index (κ2) is 5.66. The molecule has 0 unspecified atom stereocenters. The van der Waals surface area contributed by atoms with Crippen molar-refractivity contribution in [3.8, 4) is 0 Å². The van der Waals surface area contributed by atoms with Crippen molar-refractivity contribution in [2.75, 3.05) is 11.1 Å². The molecule has 0 spiro atoms. The molecule has 1 amide bonds. The second-order valence-corrected chi connectivity index (χ2v) is 4.86. The summed E-state index contributed by atoms with van der Waals surface area (Å²) >= 11 is 0.943. The summed E-state index contributed by atoms with van der Waals surface area (Å²) in [5, 5.41) is 11.8. The van der Waals surface area contributed by atoms with Crippen LogP contribution in [0.25, 0.3) is 0 Å². The smallest absolute Gasteiger partial charge is 0.340 e. The Morgan fingerprint density at radius 1 is 1.45 bits per heavy atom. The van der Waals surface area contributed by atoms with Crippen LogP contribution in [0, 0.1) is 6.92 Å². The molecule has 0 aliphatic carbocycles. The second-order valence-electron chi connectivity index (χ2n) is 4.09. The number of nitrogen functional groups attached to an aromatic ring is 1. The lowest BCUT2D eigenvalue weighted by Gasteiger charge is -2.04. The highest BCUT2D eigenvalue weighted by Crippen LogP contribution is 2.24. The Hall–Kier alpha value is -2.48. The van der Waals surface area contributed by atoms with Gasteiger partial charge in [0, 0.05) is 5.69 Å². The molecule has 2 aromatic rings. The molecule has 0 radical (unpaired) electrons. The minimum Gasteiger partial charge on any atom is -0.478 e. The zero-order valence-electron chi connectivity index (χ0n) is 10.6. The van der Waals surface area contributed by atoms with Crippen molar-refractivity contribution >= 4 is 34.1 Å². The monoisotopic (exact) mass is 292 g/mol. The number of aromatic nitrogens is 2. The number of aryl methyl sites for hydroxylation is 1. The zero-order chi connectivity index (χ0) is 14.7. The summed E-state index contributed by atoms with van der Waals surface area (Å²) in [5.74, 6) is -1.47. The zero-order valence-corrected chi connectivity index (χ0v) is 11.4. The molecule has 0 saturated heterocycles. The lowest BCUT2D eigenvalue weighted by atomic mass is 10.2. The maximum absolute atomic E-state index is 11.9. The molecular formula is C12H12N4O3S. The van der Waals surface area contributed by atoms with Crippen molar-refractivity contribution in [2.24, 2.45) is 0 Å². The van der Waals surface area contributed by atoms with Crippen molar-refractivity contribution in [1.82, 2.24) is 9.36 Å². The van der Waals surface area contributed by atoms with Gasteiger partial charge >= 0.3 is 5.97 Å². The van der Waals surface area contributed by atoms with Gasteiger partial charge < -0.3 is 16.2 Å². The van der Waals surface area contributed by atoms with Crippen molar-refractivity contribution in [3.63, 3.8) is 0 Å². The van der Waals surface area contributed by atoms with Gasteiger partial charge in [0.15, 0.2) is 0 Å². The summed E-state index contributed by atoms with van der Waals surface area (Å²) in [6, 6.07) is 3.29. The van der Waals surface area contributed by atoms with Gasteiger partial charge in [-0.05, 0) is 30.6 Å². The fraction of sp³-hybridized carbons (Fsp3) is 0.167. The van der Waals surface area contributed by atoms with E-state index in [1.54, 1.807) is 19.1 Å². The number of nitrogens with two attached hydrogens (primary N) is 1. The SMILES string of the molecule is Cc1nsc(NC(=O)Cc2ccc(N)cn2)c1C(=O)O. The molecule has 0 bridgehead atoms. The molecule has 0 aliphatic heterocycles. The van der Waals surface area contributed by atoms with Crippen LogP contribution >= 0.6 is 11.5 Å². The number of nitrogens with one attached hydrogen (secondary N) is 1. The number of carbonyl (C=O) groups excluding carboxylic acids is 1. The quantitative estimate of drug-likeness (QED) is 0.781. The van der Waals surface area contributed by atoms with Gasteiger partial charge in [0.05, 0.1) is 24.0 Å². The first-order valence-corrected chi connectivity index (χ1v) is 6.44. The number of aromatic carboxylic acids is 1. The number of anilines is 2. The Labute approximate surface area is 118 Å². The van der Waals surface area contributed by atoms with Crippen LogP contribution < -0.4 is 11.1 Å². The average Bonchev–Trinajstić information content (AvgIpc) is 2.73. The van der Waals surface area contributed by atoms with E-state index in [2.05, 4.69) is 14.7 Å². The van der Waals surface area contributed by atoms with E-state index < -0.39 is 5.97 Å². The van der Waals surface area contributed by atoms with Gasteiger partial charge in [0.1, 0.15) is 10.6 Å². The number of pyridine rings is 1. The first-order chi connectivity index (χ1) is 9.47. The summed E-state index contributed by atoms with van der Waals surface area (Å²) in [4.78, 5) is 26.9. The number of amides is 1. The fourth-order valence-corrected chi connectivity index (χ4v) is 2.39. The third kappa shape index (κ3) is 3.09. The molecule has 0 aliphatic rings. The Balaban J connectivity index is 2.09. The molecule has 8 heteroatoms. The topological polar surface area (TPSA) is 118 Å². The molecule has 0 fully saturated rings. The molecule has 4 N–H and O–H groups in total. The molecule has 2 heterocycles. The summed E-state index contributed by atoms with van der Waals surface area (Å²) in [5.41, 5.74) is 6.97. The molecule has 2 rings (SSSR count). The average molecular weight is 292 g/mol. The predicted molar refractivity (Wildman–Crippen MR) is 74.8 cm³/mol. The number of carboxylic acid groups (broad SMARTS) is 1. The van der Waals surface area contributed by atoms with E-state index >= 15 is 0 Å². The maximum atomic E-state index is 11.9. The molecular weight excluding hydrogens is 280 g/mol. The largest absolute Gasteiger partial charge is 0.478 e. The lowest BCUT2D eigenvalue weighted by Crippen LogP contribution is -2.16. The van der Waals surface area contributed by atoms with Crippen LogP contribution in [-0.4, -0.2) is 26.3 Å². The van der Waals surface area contributed by atoms with Gasteiger partial charge in [0.2, 0.25) is 5.91 Å². The summed E-state index contributed by atoms with van der Waals surface area (Å²) in [6.45, 7) is 1.58. The van der Waals surface area contributed by atoms with Crippen LogP contribution in [0.1, 0.15) is 21.7 Å². The number of hydrogen-bond acceptors (Lipinski definition) is 6. The van der Waals surface area contributed by atoms with Crippen LogP contribution in [0.2, 0.25) is 0 Å². The summed E-state index contributed by atoms with van der Waals surface area (Å²) in [6.07, 6.45) is 1.50. The molecule has 0 atom stereocenters. The minimum atomic E-state index is -1.11. The summed E-state index contributed by atoms with van der Waals surface area (Å²) < 4.78 is 3.92. The van der Waals surface area contributed by atoms with Gasteiger partial charge in [0.25, 0.3) is 0 Å². The Bertz CT molecular complexity index is 651. The maximum Gasteiger partial charge on any atom is 0.340 e. The van der Waals surface area contributed by atoms with Gasteiger partial charge in [-0.15, -0.1) is 0 Å². The highest BCUT2D eigenvalue weighted by molar-refractivity contribution is 7.11. The number of rotatable bonds is 4. The number of nitrogens with zero attached hydrogens (tertiary/aromatic N) is 2. The lowest BCUT2D eigenvalue weighted by molar-refractivity contribution is -0.115. The van der Waals surface area contributed by atoms with Gasteiger partial charge in [-0.2, -0.15) is 4.37 Å². The van der Waals surface area contributed by atoms with Gasteiger partial charge in [-0.3, -0.25) is 9.78 Å².